The van der Waals surface area contributed by atoms with Gasteiger partial charge in [0.25, 0.3) is 5.91 Å². The summed E-state index contributed by atoms with van der Waals surface area (Å²) in [5.74, 6) is -0.0541. The van der Waals surface area contributed by atoms with Crippen LogP contribution in [0.5, 0.6) is 0 Å². The van der Waals surface area contributed by atoms with Gasteiger partial charge in [-0.2, -0.15) is 0 Å². The highest BCUT2D eigenvalue weighted by molar-refractivity contribution is 5.94. The molecule has 2 heterocycles. The van der Waals surface area contributed by atoms with E-state index < -0.39 is 0 Å². The summed E-state index contributed by atoms with van der Waals surface area (Å²) in [4.78, 5) is 16.6. The molecule has 21 heavy (non-hydrogen) atoms. The fourth-order valence-electron chi connectivity index (χ4n) is 2.61. The summed E-state index contributed by atoms with van der Waals surface area (Å²) in [7, 11) is 0. The van der Waals surface area contributed by atoms with Crippen molar-refractivity contribution in [2.75, 3.05) is 6.54 Å². The van der Waals surface area contributed by atoms with Crippen LogP contribution in [-0.2, 0) is 13.0 Å². The summed E-state index contributed by atoms with van der Waals surface area (Å²) in [5, 5.41) is 6.33. The molecule has 1 aliphatic rings. The third kappa shape index (κ3) is 3.11. The van der Waals surface area contributed by atoms with Crippen molar-refractivity contribution < 1.29 is 4.79 Å². The van der Waals surface area contributed by atoms with Crippen molar-refractivity contribution in [2.24, 2.45) is 0 Å². The molecule has 0 spiro atoms. The van der Waals surface area contributed by atoms with E-state index in [1.807, 2.05) is 37.3 Å². The topological polar surface area (TPSA) is 54.0 Å². The Morgan fingerprint density at radius 1 is 1.29 bits per heavy atom. The first-order valence-corrected chi connectivity index (χ1v) is 7.28. The quantitative estimate of drug-likeness (QED) is 0.907. The number of hydrogen-bond donors (Lipinski definition) is 2. The first-order valence-electron chi connectivity index (χ1n) is 7.28. The second kappa shape index (κ2) is 6.06. The number of aromatic nitrogens is 1. The number of fused-ring (bicyclic) bond motifs is 1. The van der Waals surface area contributed by atoms with Gasteiger partial charge >= 0.3 is 0 Å². The molecular weight excluding hydrogens is 262 g/mol. The third-order valence-electron chi connectivity index (χ3n) is 3.83. The van der Waals surface area contributed by atoms with Gasteiger partial charge in [0.1, 0.15) is 0 Å². The lowest BCUT2D eigenvalue weighted by Crippen LogP contribution is -2.28. The summed E-state index contributed by atoms with van der Waals surface area (Å²) in [6.07, 6.45) is 2.77. The van der Waals surface area contributed by atoms with Crippen LogP contribution in [0.25, 0.3) is 0 Å². The van der Waals surface area contributed by atoms with Crippen LogP contribution in [0.3, 0.4) is 0 Å². The van der Waals surface area contributed by atoms with E-state index in [-0.39, 0.29) is 11.9 Å². The Morgan fingerprint density at radius 2 is 2.19 bits per heavy atom. The van der Waals surface area contributed by atoms with Crippen molar-refractivity contribution in [3.05, 3.63) is 65.0 Å². The Morgan fingerprint density at radius 3 is 3.00 bits per heavy atom. The van der Waals surface area contributed by atoms with Gasteiger partial charge in [0, 0.05) is 18.3 Å². The summed E-state index contributed by atoms with van der Waals surface area (Å²) in [5.41, 5.74) is 4.13. The molecule has 0 unspecified atom stereocenters. The molecule has 2 aromatic rings. The molecule has 1 atom stereocenters. The Labute approximate surface area is 124 Å². The van der Waals surface area contributed by atoms with Crippen molar-refractivity contribution in [3.63, 3.8) is 0 Å². The van der Waals surface area contributed by atoms with E-state index in [0.29, 0.717) is 5.56 Å². The van der Waals surface area contributed by atoms with Crippen LogP contribution in [0, 0.1) is 0 Å². The molecule has 4 nitrogen and oxygen atoms in total. The van der Waals surface area contributed by atoms with Gasteiger partial charge in [0.2, 0.25) is 0 Å². The molecule has 0 aliphatic carbocycles. The number of hydrogen-bond acceptors (Lipinski definition) is 3. The maximum Gasteiger partial charge on any atom is 0.251 e. The van der Waals surface area contributed by atoms with Gasteiger partial charge in [0.05, 0.1) is 11.7 Å². The van der Waals surface area contributed by atoms with Crippen molar-refractivity contribution in [3.8, 4) is 0 Å². The number of benzene rings is 1. The minimum atomic E-state index is -0.104. The molecule has 1 aromatic carbocycles. The number of pyridine rings is 1. The molecular formula is C17H19N3O. The molecule has 0 radical (unpaired) electrons. The number of rotatable bonds is 3. The zero-order valence-corrected chi connectivity index (χ0v) is 12.1. The monoisotopic (exact) mass is 281 g/mol. The molecule has 108 valence electrons. The van der Waals surface area contributed by atoms with Crippen LogP contribution < -0.4 is 10.6 Å². The maximum atomic E-state index is 12.4. The Balaban J connectivity index is 1.73. The number of amides is 1. The average Bonchev–Trinajstić information content (AvgIpc) is 2.55. The highest BCUT2D eigenvalue weighted by Crippen LogP contribution is 2.17. The third-order valence-corrected chi connectivity index (χ3v) is 3.83. The second-order valence-corrected chi connectivity index (χ2v) is 5.36. The van der Waals surface area contributed by atoms with Crippen molar-refractivity contribution in [1.29, 1.82) is 0 Å². The highest BCUT2D eigenvalue weighted by Gasteiger charge is 2.15. The zero-order valence-electron chi connectivity index (χ0n) is 12.1. The van der Waals surface area contributed by atoms with Crippen molar-refractivity contribution >= 4 is 5.91 Å². The normalized spacial score (nSPS) is 15.1. The van der Waals surface area contributed by atoms with E-state index in [1.165, 1.54) is 11.1 Å². The predicted molar refractivity (Wildman–Crippen MR) is 82.0 cm³/mol. The fraction of sp³-hybridized carbons (Fsp3) is 0.294. The van der Waals surface area contributed by atoms with Crippen molar-refractivity contribution in [1.82, 2.24) is 15.6 Å². The first kappa shape index (κ1) is 13.8. The largest absolute Gasteiger partial charge is 0.344 e. The molecule has 1 amide bonds. The number of nitrogens with zero attached hydrogens (tertiary/aromatic N) is 1. The SMILES string of the molecule is C[C@H](NC(=O)c1ccc2c(c1)CNCC2)c1ccccn1. The minimum Gasteiger partial charge on any atom is -0.344 e. The molecule has 4 heteroatoms. The van der Waals surface area contributed by atoms with E-state index >= 15 is 0 Å². The zero-order chi connectivity index (χ0) is 14.7. The van der Waals surface area contributed by atoms with Gasteiger partial charge in [0.15, 0.2) is 0 Å². The summed E-state index contributed by atoms with van der Waals surface area (Å²) in [6.45, 7) is 3.79. The summed E-state index contributed by atoms with van der Waals surface area (Å²) in [6, 6.07) is 11.6. The number of carbonyl (C=O) groups excluding carboxylic acids is 1. The van der Waals surface area contributed by atoms with Gasteiger partial charge in [-0.25, -0.2) is 0 Å². The van der Waals surface area contributed by atoms with Crippen LogP contribution in [0.1, 0.15) is 40.1 Å². The summed E-state index contributed by atoms with van der Waals surface area (Å²) >= 11 is 0. The molecule has 0 fully saturated rings. The van der Waals surface area contributed by atoms with Gasteiger partial charge < -0.3 is 10.6 Å². The van der Waals surface area contributed by atoms with E-state index in [1.54, 1.807) is 6.20 Å². The Bertz CT molecular complexity index is 640. The fourth-order valence-corrected chi connectivity index (χ4v) is 2.61. The second-order valence-electron chi connectivity index (χ2n) is 5.36. The van der Waals surface area contributed by atoms with Crippen molar-refractivity contribution in [2.45, 2.75) is 25.9 Å². The lowest BCUT2D eigenvalue weighted by molar-refractivity contribution is 0.0939. The molecule has 0 saturated carbocycles. The Hall–Kier alpha value is -2.20. The molecule has 2 N–H and O–H groups in total. The number of nitrogens with one attached hydrogen (secondary N) is 2. The molecule has 0 saturated heterocycles. The van der Waals surface area contributed by atoms with E-state index in [0.717, 1.165) is 25.2 Å². The Kier molecular flexibility index (Phi) is 3.97. The van der Waals surface area contributed by atoms with Gasteiger partial charge in [-0.05, 0) is 55.3 Å². The highest BCUT2D eigenvalue weighted by atomic mass is 16.1. The molecule has 0 bridgehead atoms. The van der Waals surface area contributed by atoms with Gasteiger partial charge in [-0.3, -0.25) is 9.78 Å². The van der Waals surface area contributed by atoms with E-state index in [9.17, 15) is 4.79 Å². The van der Waals surface area contributed by atoms with Crippen LogP contribution in [0.2, 0.25) is 0 Å². The smallest absolute Gasteiger partial charge is 0.251 e. The first-order chi connectivity index (χ1) is 10.2. The maximum absolute atomic E-state index is 12.4. The number of carbonyl (C=O) groups is 1. The van der Waals surface area contributed by atoms with E-state index in [2.05, 4.69) is 21.7 Å². The van der Waals surface area contributed by atoms with Gasteiger partial charge in [-0.15, -0.1) is 0 Å². The van der Waals surface area contributed by atoms with Crippen LogP contribution in [0.4, 0.5) is 0 Å². The standard InChI is InChI=1S/C17H19N3O/c1-12(16-4-2-3-8-19-16)20-17(21)14-6-5-13-7-9-18-11-15(13)10-14/h2-6,8,10,12,18H,7,9,11H2,1H3,(H,20,21)/t12-/m0/s1. The minimum absolute atomic E-state index is 0.0541. The molecule has 3 rings (SSSR count). The average molecular weight is 281 g/mol. The molecule has 1 aliphatic heterocycles. The lowest BCUT2D eigenvalue weighted by atomic mass is 9.98. The van der Waals surface area contributed by atoms with Crippen LogP contribution >= 0.6 is 0 Å². The molecule has 1 aromatic heterocycles. The summed E-state index contributed by atoms with van der Waals surface area (Å²) < 4.78 is 0. The predicted octanol–water partition coefficient (Wildman–Crippen LogP) is 2.22. The van der Waals surface area contributed by atoms with E-state index in [4.69, 9.17) is 0 Å². The van der Waals surface area contributed by atoms with Crippen LogP contribution in [-0.4, -0.2) is 17.4 Å². The van der Waals surface area contributed by atoms with Gasteiger partial charge in [-0.1, -0.05) is 12.1 Å². The van der Waals surface area contributed by atoms with Crippen LogP contribution in [0.15, 0.2) is 42.6 Å². The lowest BCUT2D eigenvalue weighted by Gasteiger charge is -2.18.